The van der Waals surface area contributed by atoms with Crippen LogP contribution in [0.3, 0.4) is 0 Å². The Balaban J connectivity index is 1.70. The van der Waals surface area contributed by atoms with Gasteiger partial charge in [-0.3, -0.25) is 0 Å². The summed E-state index contributed by atoms with van der Waals surface area (Å²) in [5.74, 6) is 0. The maximum Gasteiger partial charge on any atom is 0.0947 e. The van der Waals surface area contributed by atoms with Crippen LogP contribution in [0.5, 0.6) is 0 Å². The van der Waals surface area contributed by atoms with Crippen molar-refractivity contribution in [3.63, 3.8) is 0 Å². The van der Waals surface area contributed by atoms with E-state index >= 15 is 0 Å². The first-order chi connectivity index (χ1) is 9.17. The van der Waals surface area contributed by atoms with Gasteiger partial charge >= 0.3 is 0 Å². The van der Waals surface area contributed by atoms with Crippen molar-refractivity contribution in [2.24, 2.45) is 0 Å². The van der Waals surface area contributed by atoms with Crippen LogP contribution in [0.25, 0.3) is 0 Å². The van der Waals surface area contributed by atoms with Crippen LogP contribution in [0, 0.1) is 6.92 Å². The van der Waals surface area contributed by atoms with Crippen molar-refractivity contribution >= 4 is 17.4 Å². The van der Waals surface area contributed by atoms with Crippen LogP contribution in [0.1, 0.15) is 24.8 Å². The van der Waals surface area contributed by atoms with Crippen molar-refractivity contribution in [2.75, 3.05) is 25.6 Å². The van der Waals surface area contributed by atoms with Crippen molar-refractivity contribution in [1.82, 2.24) is 0 Å². The summed E-state index contributed by atoms with van der Waals surface area (Å²) in [6.45, 7) is 4.60. The Morgan fingerprint density at radius 2 is 2.26 bits per heavy atom. The van der Waals surface area contributed by atoms with E-state index < -0.39 is 0 Å². The number of hydrogen-bond donors (Lipinski definition) is 1. The maximum absolute atomic E-state index is 5.99. The van der Waals surface area contributed by atoms with Gasteiger partial charge in [-0.1, -0.05) is 6.07 Å². The zero-order valence-corrected chi connectivity index (χ0v) is 12.2. The summed E-state index contributed by atoms with van der Waals surface area (Å²) in [7, 11) is 0. The highest BCUT2D eigenvalue weighted by molar-refractivity contribution is 8.00. The Bertz CT molecular complexity index is 457. The van der Waals surface area contributed by atoms with E-state index in [0.717, 1.165) is 44.8 Å². The molecule has 4 heteroatoms. The fraction of sp³-hybridized carbons (Fsp3) is 0.600. The molecule has 0 aromatic heterocycles. The summed E-state index contributed by atoms with van der Waals surface area (Å²) in [5.41, 5.74) is 8.03. The molecule has 2 N–H and O–H groups in total. The maximum atomic E-state index is 5.99. The Morgan fingerprint density at radius 3 is 3.05 bits per heavy atom. The van der Waals surface area contributed by atoms with Crippen LogP contribution in [0.4, 0.5) is 5.69 Å². The first kappa shape index (κ1) is 13.3. The van der Waals surface area contributed by atoms with Crippen LogP contribution >= 0.6 is 11.8 Å². The highest BCUT2D eigenvalue weighted by Gasteiger charge is 2.41. The summed E-state index contributed by atoms with van der Waals surface area (Å²) >= 11 is 1.95. The summed E-state index contributed by atoms with van der Waals surface area (Å²) in [4.78, 5) is 1.31. The summed E-state index contributed by atoms with van der Waals surface area (Å²) in [5, 5.41) is 0.607. The molecule has 3 rings (SSSR count). The van der Waals surface area contributed by atoms with Crippen LogP contribution < -0.4 is 5.73 Å². The number of ether oxygens (including phenoxy) is 2. The molecule has 0 aliphatic carbocycles. The molecule has 19 heavy (non-hydrogen) atoms. The van der Waals surface area contributed by atoms with Gasteiger partial charge in [-0.25, -0.2) is 0 Å². The Morgan fingerprint density at radius 1 is 1.37 bits per heavy atom. The van der Waals surface area contributed by atoms with E-state index in [-0.39, 0.29) is 5.60 Å². The minimum Gasteiger partial charge on any atom is -0.399 e. The van der Waals surface area contributed by atoms with Crippen molar-refractivity contribution < 1.29 is 9.47 Å². The Hall–Kier alpha value is -0.710. The number of thioether (sulfide) groups is 1. The first-order valence-corrected chi connectivity index (χ1v) is 7.79. The minimum atomic E-state index is -0.00978. The first-order valence-electron chi connectivity index (χ1n) is 6.91. The van der Waals surface area contributed by atoms with Gasteiger partial charge in [0.15, 0.2) is 0 Å². The second-order valence-corrected chi connectivity index (χ2v) is 6.93. The quantitative estimate of drug-likeness (QED) is 0.845. The predicted molar refractivity (Wildman–Crippen MR) is 78.6 cm³/mol. The van der Waals surface area contributed by atoms with Gasteiger partial charge in [0.25, 0.3) is 0 Å². The van der Waals surface area contributed by atoms with Crippen LogP contribution in [-0.2, 0) is 9.47 Å². The van der Waals surface area contributed by atoms with E-state index in [1.807, 2.05) is 17.8 Å². The lowest BCUT2D eigenvalue weighted by Crippen LogP contribution is -2.41. The third-order valence-corrected chi connectivity index (χ3v) is 5.45. The number of hydrogen-bond acceptors (Lipinski definition) is 4. The average molecular weight is 279 g/mol. The standard InChI is InChI=1S/C15H21NO2S/c1-11-2-3-12(16)8-14(11)19-13-4-6-18-15(9-13)5-7-17-10-15/h2-3,8,13H,4-7,9-10,16H2,1H3. The zero-order valence-electron chi connectivity index (χ0n) is 11.4. The van der Waals surface area contributed by atoms with E-state index in [9.17, 15) is 0 Å². The van der Waals surface area contributed by atoms with Gasteiger partial charge in [0.05, 0.1) is 12.2 Å². The number of rotatable bonds is 2. The fourth-order valence-electron chi connectivity index (χ4n) is 2.87. The average Bonchev–Trinajstić information content (AvgIpc) is 2.82. The van der Waals surface area contributed by atoms with E-state index in [1.54, 1.807) is 0 Å². The van der Waals surface area contributed by atoms with Gasteiger partial charge < -0.3 is 15.2 Å². The second kappa shape index (κ2) is 5.35. The summed E-state index contributed by atoms with van der Waals surface area (Å²) in [6.07, 6.45) is 3.24. The zero-order chi connectivity index (χ0) is 13.3. The molecule has 2 aliphatic rings. The van der Waals surface area contributed by atoms with Crippen molar-refractivity contribution in [3.05, 3.63) is 23.8 Å². The summed E-state index contributed by atoms with van der Waals surface area (Å²) < 4.78 is 11.5. The van der Waals surface area contributed by atoms with Gasteiger partial charge in [-0.05, 0) is 37.5 Å². The molecule has 0 bridgehead atoms. The number of nitrogen functional groups attached to an aromatic ring is 1. The highest BCUT2D eigenvalue weighted by Crippen LogP contribution is 2.41. The van der Waals surface area contributed by atoms with Gasteiger partial charge in [0.1, 0.15) is 0 Å². The third-order valence-electron chi connectivity index (χ3n) is 4.02. The van der Waals surface area contributed by atoms with Crippen LogP contribution in [0.2, 0.25) is 0 Å². The number of nitrogens with two attached hydrogens (primary N) is 1. The Kier molecular flexibility index (Phi) is 3.74. The predicted octanol–water partition coefficient (Wildman–Crippen LogP) is 3.01. The van der Waals surface area contributed by atoms with E-state index in [1.165, 1.54) is 10.5 Å². The normalized spacial score (nSPS) is 30.9. The lowest BCUT2D eigenvalue weighted by molar-refractivity contribution is -0.0769. The molecule has 0 amide bonds. The van der Waals surface area contributed by atoms with Gasteiger partial charge in [0, 0.05) is 35.5 Å². The van der Waals surface area contributed by atoms with Crippen LogP contribution in [0.15, 0.2) is 23.1 Å². The molecule has 1 aromatic carbocycles. The minimum absolute atomic E-state index is 0.00978. The molecule has 1 spiro atoms. The topological polar surface area (TPSA) is 44.5 Å². The lowest BCUT2D eigenvalue weighted by atomic mass is 9.93. The van der Waals surface area contributed by atoms with E-state index in [0.29, 0.717) is 5.25 Å². The monoisotopic (exact) mass is 279 g/mol. The molecular formula is C15H21NO2S. The van der Waals surface area contributed by atoms with Crippen molar-refractivity contribution in [1.29, 1.82) is 0 Å². The van der Waals surface area contributed by atoms with Crippen LogP contribution in [-0.4, -0.2) is 30.7 Å². The number of benzene rings is 1. The van der Waals surface area contributed by atoms with Crippen molar-refractivity contribution in [3.8, 4) is 0 Å². The molecule has 104 valence electrons. The Labute approximate surface area is 118 Å². The third kappa shape index (κ3) is 2.91. The molecule has 2 aliphatic heterocycles. The van der Waals surface area contributed by atoms with Gasteiger partial charge in [-0.2, -0.15) is 0 Å². The second-order valence-electron chi connectivity index (χ2n) is 5.59. The molecule has 2 saturated heterocycles. The van der Waals surface area contributed by atoms with Gasteiger partial charge in [0.2, 0.25) is 0 Å². The molecule has 0 radical (unpaired) electrons. The SMILES string of the molecule is Cc1ccc(N)cc1SC1CCOC2(CCOC2)C1. The number of aryl methyl sites for hydroxylation is 1. The summed E-state index contributed by atoms with van der Waals surface area (Å²) in [6, 6.07) is 6.16. The molecule has 2 heterocycles. The highest BCUT2D eigenvalue weighted by atomic mass is 32.2. The molecule has 1 aromatic rings. The van der Waals surface area contributed by atoms with E-state index in [2.05, 4.69) is 19.1 Å². The lowest BCUT2D eigenvalue weighted by Gasteiger charge is -2.36. The molecule has 0 saturated carbocycles. The largest absolute Gasteiger partial charge is 0.399 e. The molecule has 2 unspecified atom stereocenters. The van der Waals surface area contributed by atoms with Gasteiger partial charge in [-0.15, -0.1) is 11.8 Å². The fourth-order valence-corrected chi connectivity index (χ4v) is 4.29. The van der Waals surface area contributed by atoms with E-state index in [4.69, 9.17) is 15.2 Å². The molecule has 2 fully saturated rings. The number of anilines is 1. The molecule has 2 atom stereocenters. The molecular weight excluding hydrogens is 258 g/mol. The molecule has 3 nitrogen and oxygen atoms in total. The van der Waals surface area contributed by atoms with Crippen molar-refractivity contribution in [2.45, 2.75) is 41.9 Å². The smallest absolute Gasteiger partial charge is 0.0947 e.